The number of nitrogens with zero attached hydrogens (tertiary/aromatic N) is 2. The van der Waals surface area contributed by atoms with Crippen molar-refractivity contribution in [1.82, 2.24) is 8.87 Å². The Labute approximate surface area is 115 Å². The predicted octanol–water partition coefficient (Wildman–Crippen LogP) is 2.84. The van der Waals surface area contributed by atoms with Crippen LogP contribution in [-0.4, -0.2) is 23.9 Å². The molecule has 0 N–H and O–H groups in total. The fourth-order valence-corrected chi connectivity index (χ4v) is 4.64. The largest absolute Gasteiger partial charge is 0.341 e. The molecule has 1 unspecified atom stereocenters. The maximum Gasteiger partial charge on any atom is 0.101 e. The monoisotopic (exact) mass is 274 g/mol. The summed E-state index contributed by atoms with van der Waals surface area (Å²) in [5, 5.41) is 1.30. The normalized spacial score (nSPS) is 30.2. The lowest BCUT2D eigenvalue weighted by atomic mass is 10.2. The molecule has 1 fully saturated rings. The van der Waals surface area contributed by atoms with E-state index in [0.29, 0.717) is 12.1 Å². The van der Waals surface area contributed by atoms with Gasteiger partial charge in [-0.05, 0) is 38.3 Å². The molecule has 0 spiro atoms. The van der Waals surface area contributed by atoms with E-state index in [1.807, 2.05) is 20.8 Å². The molecule has 4 atom stereocenters. The molecule has 4 rings (SSSR count). The third kappa shape index (κ3) is 1.50. The van der Waals surface area contributed by atoms with E-state index in [1.54, 1.807) is 0 Å². The van der Waals surface area contributed by atoms with Crippen molar-refractivity contribution >= 4 is 21.9 Å². The molecule has 3 heterocycles. The van der Waals surface area contributed by atoms with Crippen LogP contribution >= 0.6 is 0 Å². The first kappa shape index (κ1) is 11.7. The molecule has 1 saturated heterocycles. The van der Waals surface area contributed by atoms with Crippen molar-refractivity contribution in [2.24, 2.45) is 0 Å². The highest BCUT2D eigenvalue weighted by Gasteiger charge is 2.59. The first-order chi connectivity index (χ1) is 8.98. The number of aromatic nitrogens is 1. The molecule has 0 bridgehead atoms. The topological polar surface area (TPSA) is 25.0 Å². The summed E-state index contributed by atoms with van der Waals surface area (Å²) in [5.74, 6) is 0. The molecule has 100 valence electrons. The van der Waals surface area contributed by atoms with Gasteiger partial charge in [0.1, 0.15) is 11.0 Å². The molecule has 0 radical (unpaired) electrons. The molecule has 1 aromatic heterocycles. The Morgan fingerprint density at radius 3 is 2.74 bits per heavy atom. The van der Waals surface area contributed by atoms with Crippen molar-refractivity contribution < 1.29 is 4.21 Å². The predicted molar refractivity (Wildman–Crippen MR) is 78.2 cm³/mol. The standard InChI is InChI=1S/C15H18N2OS/c1-15(2,3)19(18)17-13-9-16-11-7-5-4-6-10(11)8-12(16)14(13)17/h4-8,13-14H,9H2,1-3H3/t13-,14+,17?,19-/m1/s1. The van der Waals surface area contributed by atoms with Crippen LogP contribution in [0.4, 0.5) is 0 Å². The van der Waals surface area contributed by atoms with Gasteiger partial charge in [-0.25, -0.2) is 8.51 Å². The van der Waals surface area contributed by atoms with E-state index in [2.05, 4.69) is 39.2 Å². The van der Waals surface area contributed by atoms with Crippen LogP contribution in [0.3, 0.4) is 0 Å². The SMILES string of the molecule is CC(C)(C)[S@@](=O)N1[C@@H]2Cn3c(cc4ccccc43)[C@@H]21. The van der Waals surface area contributed by atoms with E-state index >= 15 is 0 Å². The average molecular weight is 274 g/mol. The average Bonchev–Trinajstić information content (AvgIpc) is 2.73. The van der Waals surface area contributed by atoms with Crippen molar-refractivity contribution in [3.8, 4) is 0 Å². The minimum Gasteiger partial charge on any atom is -0.341 e. The van der Waals surface area contributed by atoms with E-state index in [1.165, 1.54) is 16.6 Å². The first-order valence-corrected chi connectivity index (χ1v) is 7.87. The van der Waals surface area contributed by atoms with Gasteiger partial charge >= 0.3 is 0 Å². The molecule has 19 heavy (non-hydrogen) atoms. The molecule has 2 aliphatic rings. The molecule has 2 aromatic rings. The van der Waals surface area contributed by atoms with E-state index in [-0.39, 0.29) is 4.75 Å². The van der Waals surface area contributed by atoms with Crippen LogP contribution in [0.2, 0.25) is 0 Å². The summed E-state index contributed by atoms with van der Waals surface area (Å²) >= 11 is 0. The molecular weight excluding hydrogens is 256 g/mol. The van der Waals surface area contributed by atoms with Crippen molar-refractivity contribution in [2.45, 2.75) is 44.1 Å². The Morgan fingerprint density at radius 2 is 2.00 bits per heavy atom. The first-order valence-electron chi connectivity index (χ1n) is 6.77. The Bertz CT molecular complexity index is 698. The van der Waals surface area contributed by atoms with Crippen LogP contribution < -0.4 is 0 Å². The van der Waals surface area contributed by atoms with Crippen LogP contribution in [0.1, 0.15) is 32.5 Å². The van der Waals surface area contributed by atoms with Crippen LogP contribution in [0.5, 0.6) is 0 Å². The fourth-order valence-electron chi connectivity index (χ4n) is 3.17. The lowest BCUT2D eigenvalue weighted by Crippen LogP contribution is -2.29. The highest BCUT2D eigenvalue weighted by Crippen LogP contribution is 2.53. The van der Waals surface area contributed by atoms with Gasteiger partial charge in [0.2, 0.25) is 0 Å². The van der Waals surface area contributed by atoms with E-state index in [9.17, 15) is 4.21 Å². The van der Waals surface area contributed by atoms with Crippen LogP contribution in [0.15, 0.2) is 30.3 Å². The van der Waals surface area contributed by atoms with Gasteiger partial charge in [-0.1, -0.05) is 18.2 Å². The number of hydrogen-bond acceptors (Lipinski definition) is 1. The van der Waals surface area contributed by atoms with Crippen molar-refractivity contribution in [3.63, 3.8) is 0 Å². The number of rotatable bonds is 1. The van der Waals surface area contributed by atoms with Gasteiger partial charge in [0, 0.05) is 17.8 Å². The zero-order valence-electron chi connectivity index (χ0n) is 11.5. The quantitative estimate of drug-likeness (QED) is 0.734. The Kier molecular flexibility index (Phi) is 2.15. The molecule has 0 amide bonds. The third-order valence-corrected chi connectivity index (χ3v) is 6.03. The second-order valence-corrected chi connectivity index (χ2v) is 8.62. The summed E-state index contributed by atoms with van der Waals surface area (Å²) in [6.07, 6.45) is 0. The van der Waals surface area contributed by atoms with Gasteiger partial charge in [-0.15, -0.1) is 0 Å². The smallest absolute Gasteiger partial charge is 0.101 e. The van der Waals surface area contributed by atoms with Crippen molar-refractivity contribution in [2.75, 3.05) is 0 Å². The Morgan fingerprint density at radius 1 is 1.26 bits per heavy atom. The Hall–Kier alpha value is -1.13. The highest BCUT2D eigenvalue weighted by molar-refractivity contribution is 7.84. The Balaban J connectivity index is 1.73. The highest BCUT2D eigenvalue weighted by atomic mass is 32.2. The second kappa shape index (κ2) is 3.49. The fraction of sp³-hybridized carbons (Fsp3) is 0.467. The number of para-hydroxylation sites is 1. The summed E-state index contributed by atoms with van der Waals surface area (Å²) in [4.78, 5) is 0. The van der Waals surface area contributed by atoms with Crippen LogP contribution in [0, 0.1) is 0 Å². The zero-order valence-corrected chi connectivity index (χ0v) is 12.3. The lowest BCUT2D eigenvalue weighted by Gasteiger charge is -2.20. The van der Waals surface area contributed by atoms with Gasteiger partial charge in [0.15, 0.2) is 0 Å². The van der Waals surface area contributed by atoms with Gasteiger partial charge in [0.25, 0.3) is 0 Å². The van der Waals surface area contributed by atoms with E-state index < -0.39 is 11.0 Å². The number of hydrogen-bond donors (Lipinski definition) is 0. The zero-order chi connectivity index (χ0) is 13.4. The molecule has 4 heteroatoms. The summed E-state index contributed by atoms with van der Waals surface area (Å²) in [5.41, 5.74) is 2.65. The van der Waals surface area contributed by atoms with E-state index in [0.717, 1.165) is 6.54 Å². The van der Waals surface area contributed by atoms with Crippen LogP contribution in [0.25, 0.3) is 10.9 Å². The second-order valence-electron chi connectivity index (χ2n) is 6.47. The van der Waals surface area contributed by atoms with Gasteiger partial charge in [-0.3, -0.25) is 0 Å². The maximum absolute atomic E-state index is 12.5. The van der Waals surface area contributed by atoms with Gasteiger partial charge in [0.05, 0.1) is 16.8 Å². The molecule has 3 nitrogen and oxygen atoms in total. The third-order valence-electron chi connectivity index (χ3n) is 4.11. The summed E-state index contributed by atoms with van der Waals surface area (Å²) < 4.78 is 16.9. The van der Waals surface area contributed by atoms with Gasteiger partial charge < -0.3 is 4.57 Å². The minimum absolute atomic E-state index is 0.165. The molecular formula is C15H18N2OS. The number of benzene rings is 1. The van der Waals surface area contributed by atoms with Crippen molar-refractivity contribution in [1.29, 1.82) is 0 Å². The minimum atomic E-state index is -0.896. The van der Waals surface area contributed by atoms with E-state index in [4.69, 9.17) is 0 Å². The molecule has 1 aromatic carbocycles. The lowest BCUT2D eigenvalue weighted by molar-refractivity contribution is 0.560. The van der Waals surface area contributed by atoms with Crippen LogP contribution in [-0.2, 0) is 17.5 Å². The molecule has 2 aliphatic heterocycles. The number of fused-ring (bicyclic) bond motifs is 5. The molecule has 0 aliphatic carbocycles. The van der Waals surface area contributed by atoms with Crippen molar-refractivity contribution in [3.05, 3.63) is 36.0 Å². The summed E-state index contributed by atoms with van der Waals surface area (Å²) in [7, 11) is -0.896. The van der Waals surface area contributed by atoms with Gasteiger partial charge in [-0.2, -0.15) is 0 Å². The summed E-state index contributed by atoms with van der Waals surface area (Å²) in [6.45, 7) is 7.13. The summed E-state index contributed by atoms with van der Waals surface area (Å²) in [6, 6.07) is 11.6. The molecule has 0 saturated carbocycles. The maximum atomic E-state index is 12.5.